The zero-order chi connectivity index (χ0) is 10.6. The quantitative estimate of drug-likeness (QED) is 0.712. The zero-order valence-corrected chi connectivity index (χ0v) is 9.03. The molecule has 0 fully saturated rings. The minimum absolute atomic E-state index is 0.150. The molecular weight excluding hydrogens is 178 g/mol. The summed E-state index contributed by atoms with van der Waals surface area (Å²) in [6.07, 6.45) is 4.25. The highest BCUT2D eigenvalue weighted by atomic mass is 16.1. The largest absolute Gasteiger partial charge is 0.299 e. The fraction of sp³-hybridized carbons (Fsp3) is 0.700. The molecule has 0 radical (unpaired) electrons. The number of hydrogen-bond donors (Lipinski definition) is 0. The van der Waals surface area contributed by atoms with Crippen LogP contribution in [0.15, 0.2) is 6.20 Å². The SMILES string of the molecule is CC(C)C(=O)CCCc1cn(C)nn1. The second-order valence-corrected chi connectivity index (χ2v) is 3.86. The molecule has 1 heterocycles. The third kappa shape index (κ3) is 3.28. The van der Waals surface area contributed by atoms with Crippen LogP contribution in [0.5, 0.6) is 0 Å². The van der Waals surface area contributed by atoms with Gasteiger partial charge in [0.15, 0.2) is 0 Å². The Bertz CT molecular complexity index is 304. The summed E-state index contributed by atoms with van der Waals surface area (Å²) >= 11 is 0. The Morgan fingerprint density at radius 2 is 2.29 bits per heavy atom. The number of carbonyl (C=O) groups is 1. The van der Waals surface area contributed by atoms with E-state index >= 15 is 0 Å². The maximum absolute atomic E-state index is 11.3. The molecule has 0 atom stereocenters. The molecule has 4 nitrogen and oxygen atoms in total. The van der Waals surface area contributed by atoms with Crippen LogP contribution in [0.1, 0.15) is 32.4 Å². The molecule has 14 heavy (non-hydrogen) atoms. The molecule has 4 heteroatoms. The van der Waals surface area contributed by atoms with Crippen molar-refractivity contribution in [3.05, 3.63) is 11.9 Å². The maximum Gasteiger partial charge on any atom is 0.135 e. The molecule has 1 rings (SSSR count). The van der Waals surface area contributed by atoms with Gasteiger partial charge in [-0.05, 0) is 12.8 Å². The highest BCUT2D eigenvalue weighted by Crippen LogP contribution is 2.05. The first kappa shape index (κ1) is 10.9. The lowest BCUT2D eigenvalue weighted by molar-refractivity contribution is -0.121. The number of ketones is 1. The molecule has 0 amide bonds. The Morgan fingerprint density at radius 1 is 1.57 bits per heavy atom. The van der Waals surface area contributed by atoms with E-state index in [9.17, 15) is 4.79 Å². The van der Waals surface area contributed by atoms with Gasteiger partial charge in [-0.1, -0.05) is 19.1 Å². The van der Waals surface area contributed by atoms with Crippen molar-refractivity contribution in [1.82, 2.24) is 15.0 Å². The lowest BCUT2D eigenvalue weighted by Crippen LogP contribution is -2.06. The molecule has 0 spiro atoms. The van der Waals surface area contributed by atoms with E-state index in [0.29, 0.717) is 12.2 Å². The molecule has 0 unspecified atom stereocenters. The Morgan fingerprint density at radius 3 is 2.79 bits per heavy atom. The molecule has 1 aromatic rings. The highest BCUT2D eigenvalue weighted by molar-refractivity contribution is 5.80. The average Bonchev–Trinajstić information content (AvgIpc) is 2.51. The maximum atomic E-state index is 11.3. The molecule has 0 bridgehead atoms. The zero-order valence-electron chi connectivity index (χ0n) is 9.03. The van der Waals surface area contributed by atoms with Crippen molar-refractivity contribution in [3.63, 3.8) is 0 Å². The number of nitrogens with zero attached hydrogens (tertiary/aromatic N) is 3. The minimum atomic E-state index is 0.150. The van der Waals surface area contributed by atoms with Gasteiger partial charge in [0.1, 0.15) is 5.78 Å². The Balaban J connectivity index is 2.25. The summed E-state index contributed by atoms with van der Waals surface area (Å²) in [6, 6.07) is 0. The van der Waals surface area contributed by atoms with Crippen LogP contribution in [0.3, 0.4) is 0 Å². The van der Waals surface area contributed by atoms with Gasteiger partial charge >= 0.3 is 0 Å². The van der Waals surface area contributed by atoms with E-state index in [0.717, 1.165) is 18.5 Å². The molecular formula is C10H17N3O. The van der Waals surface area contributed by atoms with E-state index in [-0.39, 0.29) is 5.92 Å². The first-order chi connectivity index (χ1) is 6.59. The number of carbonyl (C=O) groups excluding carboxylic acids is 1. The average molecular weight is 195 g/mol. The molecule has 0 aliphatic heterocycles. The van der Waals surface area contributed by atoms with E-state index in [4.69, 9.17) is 0 Å². The number of aromatic nitrogens is 3. The molecule has 0 saturated carbocycles. The summed E-state index contributed by atoms with van der Waals surface area (Å²) in [6.45, 7) is 3.87. The van der Waals surface area contributed by atoms with E-state index in [2.05, 4.69) is 10.3 Å². The van der Waals surface area contributed by atoms with Crippen molar-refractivity contribution >= 4 is 5.78 Å². The van der Waals surface area contributed by atoms with Gasteiger partial charge in [0.2, 0.25) is 0 Å². The van der Waals surface area contributed by atoms with E-state index in [1.165, 1.54) is 0 Å². The number of Topliss-reactive ketones (excluding diaryl/α,β-unsaturated/α-hetero) is 1. The molecule has 0 saturated heterocycles. The van der Waals surface area contributed by atoms with E-state index in [1.807, 2.05) is 27.1 Å². The molecule has 78 valence electrons. The highest BCUT2D eigenvalue weighted by Gasteiger charge is 2.07. The standard InChI is InChI=1S/C10H17N3O/c1-8(2)10(14)6-4-5-9-7-13(3)12-11-9/h7-8H,4-6H2,1-3H3. The van der Waals surface area contributed by atoms with Gasteiger partial charge in [-0.25, -0.2) is 0 Å². The first-order valence-corrected chi connectivity index (χ1v) is 4.97. The smallest absolute Gasteiger partial charge is 0.135 e. The molecule has 0 N–H and O–H groups in total. The topological polar surface area (TPSA) is 47.8 Å². The monoisotopic (exact) mass is 195 g/mol. The van der Waals surface area contributed by atoms with E-state index in [1.54, 1.807) is 4.68 Å². The second-order valence-electron chi connectivity index (χ2n) is 3.86. The van der Waals surface area contributed by atoms with E-state index < -0.39 is 0 Å². The van der Waals surface area contributed by atoms with Crippen molar-refractivity contribution in [3.8, 4) is 0 Å². The van der Waals surface area contributed by atoms with Crippen molar-refractivity contribution in [2.24, 2.45) is 13.0 Å². The number of rotatable bonds is 5. The summed E-state index contributed by atoms with van der Waals surface area (Å²) in [5.41, 5.74) is 0.962. The lowest BCUT2D eigenvalue weighted by atomic mass is 10.0. The molecule has 0 aliphatic rings. The summed E-state index contributed by atoms with van der Waals surface area (Å²) in [5, 5.41) is 7.79. The van der Waals surface area contributed by atoms with Crippen LogP contribution < -0.4 is 0 Å². The van der Waals surface area contributed by atoms with Crippen LogP contribution in [-0.2, 0) is 18.3 Å². The predicted molar refractivity (Wildman–Crippen MR) is 53.8 cm³/mol. The minimum Gasteiger partial charge on any atom is -0.299 e. The number of hydrogen-bond acceptors (Lipinski definition) is 3. The van der Waals surface area contributed by atoms with Crippen molar-refractivity contribution in [1.29, 1.82) is 0 Å². The van der Waals surface area contributed by atoms with Crippen molar-refractivity contribution < 1.29 is 4.79 Å². The number of aryl methyl sites for hydroxylation is 2. The summed E-state index contributed by atoms with van der Waals surface area (Å²) in [7, 11) is 1.84. The predicted octanol–water partition coefficient (Wildman–Crippen LogP) is 1.36. The van der Waals surface area contributed by atoms with Gasteiger partial charge in [0.05, 0.1) is 5.69 Å². The van der Waals surface area contributed by atoms with Gasteiger partial charge in [-0.2, -0.15) is 0 Å². The van der Waals surface area contributed by atoms with Gasteiger partial charge in [0, 0.05) is 25.6 Å². The second kappa shape index (κ2) is 4.88. The van der Waals surface area contributed by atoms with Crippen molar-refractivity contribution in [2.75, 3.05) is 0 Å². The van der Waals surface area contributed by atoms with Gasteiger partial charge in [-0.3, -0.25) is 9.48 Å². The lowest BCUT2D eigenvalue weighted by Gasteiger charge is -2.01. The molecule has 1 aromatic heterocycles. The Hall–Kier alpha value is -1.19. The summed E-state index contributed by atoms with van der Waals surface area (Å²) in [5.74, 6) is 0.478. The fourth-order valence-electron chi connectivity index (χ4n) is 1.24. The summed E-state index contributed by atoms with van der Waals surface area (Å²) in [4.78, 5) is 11.3. The van der Waals surface area contributed by atoms with Crippen LogP contribution >= 0.6 is 0 Å². The van der Waals surface area contributed by atoms with Crippen LogP contribution in [-0.4, -0.2) is 20.8 Å². The van der Waals surface area contributed by atoms with Crippen LogP contribution in [0.25, 0.3) is 0 Å². The third-order valence-electron chi connectivity index (χ3n) is 2.15. The fourth-order valence-corrected chi connectivity index (χ4v) is 1.24. The van der Waals surface area contributed by atoms with Gasteiger partial charge in [-0.15, -0.1) is 5.10 Å². The molecule has 0 aromatic carbocycles. The van der Waals surface area contributed by atoms with Crippen LogP contribution in [0.4, 0.5) is 0 Å². The van der Waals surface area contributed by atoms with Crippen LogP contribution in [0, 0.1) is 5.92 Å². The third-order valence-corrected chi connectivity index (χ3v) is 2.15. The normalized spacial score (nSPS) is 10.9. The Labute approximate surface area is 84.3 Å². The van der Waals surface area contributed by atoms with Crippen molar-refractivity contribution in [2.45, 2.75) is 33.1 Å². The van der Waals surface area contributed by atoms with Gasteiger partial charge < -0.3 is 0 Å². The Kier molecular flexibility index (Phi) is 3.80. The van der Waals surface area contributed by atoms with Gasteiger partial charge in [0.25, 0.3) is 0 Å². The molecule has 0 aliphatic carbocycles. The first-order valence-electron chi connectivity index (χ1n) is 4.97. The van der Waals surface area contributed by atoms with Crippen LogP contribution in [0.2, 0.25) is 0 Å². The summed E-state index contributed by atoms with van der Waals surface area (Å²) < 4.78 is 1.68.